The van der Waals surface area contributed by atoms with Gasteiger partial charge in [0.05, 0.1) is 6.10 Å². The standard InChI is InChI=1S/C16H18FNO/c1-12(13-7-3-2-4-8-13)18-11-16(19)14-9-5-6-10-15(14)17/h2-10,12,16,18-19H,11H2,1H3. The first-order valence-corrected chi connectivity index (χ1v) is 6.39. The van der Waals surface area contributed by atoms with Crippen molar-refractivity contribution in [3.63, 3.8) is 0 Å². The van der Waals surface area contributed by atoms with Crippen molar-refractivity contribution < 1.29 is 9.50 Å². The first-order valence-electron chi connectivity index (χ1n) is 6.39. The Labute approximate surface area is 112 Å². The van der Waals surface area contributed by atoms with Crippen molar-refractivity contribution in [3.8, 4) is 0 Å². The molecule has 0 amide bonds. The Bertz CT molecular complexity index is 515. The van der Waals surface area contributed by atoms with Gasteiger partial charge in [0.15, 0.2) is 0 Å². The molecule has 0 radical (unpaired) electrons. The van der Waals surface area contributed by atoms with Crippen LogP contribution in [0.4, 0.5) is 4.39 Å². The van der Waals surface area contributed by atoms with E-state index in [0.29, 0.717) is 12.1 Å². The largest absolute Gasteiger partial charge is 0.387 e. The fourth-order valence-corrected chi connectivity index (χ4v) is 2.00. The van der Waals surface area contributed by atoms with Crippen LogP contribution in [0, 0.1) is 5.82 Å². The summed E-state index contributed by atoms with van der Waals surface area (Å²) < 4.78 is 13.5. The molecule has 19 heavy (non-hydrogen) atoms. The Balaban J connectivity index is 1.94. The summed E-state index contributed by atoms with van der Waals surface area (Å²) in [5.41, 5.74) is 1.47. The molecule has 2 atom stereocenters. The van der Waals surface area contributed by atoms with Crippen LogP contribution in [-0.2, 0) is 0 Å². The minimum absolute atomic E-state index is 0.114. The maximum absolute atomic E-state index is 13.5. The van der Waals surface area contributed by atoms with Crippen LogP contribution in [0.2, 0.25) is 0 Å². The molecular weight excluding hydrogens is 241 g/mol. The summed E-state index contributed by atoms with van der Waals surface area (Å²) in [6.07, 6.45) is -0.840. The molecule has 100 valence electrons. The van der Waals surface area contributed by atoms with Gasteiger partial charge >= 0.3 is 0 Å². The van der Waals surface area contributed by atoms with Gasteiger partial charge in [-0.1, -0.05) is 48.5 Å². The molecule has 0 bridgehead atoms. The molecule has 2 aromatic rings. The zero-order valence-electron chi connectivity index (χ0n) is 10.9. The Kier molecular flexibility index (Phi) is 4.66. The van der Waals surface area contributed by atoms with Crippen LogP contribution in [0.25, 0.3) is 0 Å². The highest BCUT2D eigenvalue weighted by Gasteiger charge is 2.13. The second-order valence-electron chi connectivity index (χ2n) is 4.58. The molecular formula is C16H18FNO. The van der Waals surface area contributed by atoms with Gasteiger partial charge < -0.3 is 10.4 Å². The molecule has 0 aliphatic heterocycles. The van der Waals surface area contributed by atoms with Gasteiger partial charge in [0.25, 0.3) is 0 Å². The molecule has 2 unspecified atom stereocenters. The molecule has 0 saturated carbocycles. The number of hydrogen-bond donors (Lipinski definition) is 2. The van der Waals surface area contributed by atoms with E-state index in [1.807, 2.05) is 37.3 Å². The monoisotopic (exact) mass is 259 g/mol. The topological polar surface area (TPSA) is 32.3 Å². The summed E-state index contributed by atoms with van der Waals surface area (Å²) in [7, 11) is 0. The molecule has 0 aliphatic rings. The number of halogens is 1. The summed E-state index contributed by atoms with van der Waals surface area (Å²) in [5.74, 6) is -0.371. The Morgan fingerprint density at radius 3 is 2.37 bits per heavy atom. The third-order valence-corrected chi connectivity index (χ3v) is 3.18. The van der Waals surface area contributed by atoms with Gasteiger partial charge in [0, 0.05) is 18.2 Å². The molecule has 2 N–H and O–H groups in total. The predicted molar refractivity (Wildman–Crippen MR) is 74.2 cm³/mol. The maximum atomic E-state index is 13.5. The Hall–Kier alpha value is -1.71. The summed E-state index contributed by atoms with van der Waals surface area (Å²) in [6.45, 7) is 2.33. The fraction of sp³-hybridized carbons (Fsp3) is 0.250. The number of benzene rings is 2. The highest BCUT2D eigenvalue weighted by molar-refractivity contribution is 5.21. The molecule has 2 aromatic carbocycles. The van der Waals surface area contributed by atoms with Crippen molar-refractivity contribution in [1.29, 1.82) is 0 Å². The third kappa shape index (κ3) is 3.63. The Morgan fingerprint density at radius 2 is 1.68 bits per heavy atom. The van der Waals surface area contributed by atoms with Crippen molar-refractivity contribution in [2.45, 2.75) is 19.1 Å². The molecule has 3 heteroatoms. The van der Waals surface area contributed by atoms with Crippen LogP contribution in [0.5, 0.6) is 0 Å². The zero-order chi connectivity index (χ0) is 13.7. The van der Waals surface area contributed by atoms with Crippen molar-refractivity contribution >= 4 is 0 Å². The highest BCUT2D eigenvalue weighted by atomic mass is 19.1. The van der Waals surface area contributed by atoms with E-state index in [9.17, 15) is 9.50 Å². The van der Waals surface area contributed by atoms with Gasteiger partial charge in [-0.25, -0.2) is 4.39 Å². The number of hydrogen-bond acceptors (Lipinski definition) is 2. The Morgan fingerprint density at radius 1 is 1.05 bits per heavy atom. The van der Waals surface area contributed by atoms with E-state index in [0.717, 1.165) is 5.56 Å². The lowest BCUT2D eigenvalue weighted by atomic mass is 10.1. The quantitative estimate of drug-likeness (QED) is 0.864. The molecule has 0 saturated heterocycles. The molecule has 0 aromatic heterocycles. The normalized spacial score (nSPS) is 14.1. The second kappa shape index (κ2) is 6.45. The van der Waals surface area contributed by atoms with E-state index < -0.39 is 6.10 Å². The lowest BCUT2D eigenvalue weighted by Gasteiger charge is -2.18. The van der Waals surface area contributed by atoms with Gasteiger partial charge in [-0.3, -0.25) is 0 Å². The minimum atomic E-state index is -0.840. The molecule has 0 fully saturated rings. The van der Waals surface area contributed by atoms with Gasteiger partial charge in [0.1, 0.15) is 5.82 Å². The number of aliphatic hydroxyl groups is 1. The van der Waals surface area contributed by atoms with Crippen molar-refractivity contribution in [1.82, 2.24) is 5.32 Å². The van der Waals surface area contributed by atoms with Crippen LogP contribution in [0.15, 0.2) is 54.6 Å². The van der Waals surface area contributed by atoms with Crippen LogP contribution in [0.3, 0.4) is 0 Å². The van der Waals surface area contributed by atoms with Crippen LogP contribution in [0.1, 0.15) is 30.2 Å². The van der Waals surface area contributed by atoms with E-state index in [2.05, 4.69) is 5.32 Å². The SMILES string of the molecule is CC(NCC(O)c1ccccc1F)c1ccccc1. The number of aliphatic hydroxyl groups excluding tert-OH is 1. The maximum Gasteiger partial charge on any atom is 0.129 e. The van der Waals surface area contributed by atoms with Crippen LogP contribution in [-0.4, -0.2) is 11.7 Å². The number of nitrogens with one attached hydrogen (secondary N) is 1. The molecule has 0 heterocycles. The van der Waals surface area contributed by atoms with Crippen molar-refractivity contribution in [2.75, 3.05) is 6.54 Å². The average molecular weight is 259 g/mol. The lowest BCUT2D eigenvalue weighted by Crippen LogP contribution is -2.25. The highest BCUT2D eigenvalue weighted by Crippen LogP contribution is 2.17. The first-order chi connectivity index (χ1) is 9.18. The summed E-state index contributed by atoms with van der Waals surface area (Å²) in [5, 5.41) is 13.2. The van der Waals surface area contributed by atoms with E-state index in [1.54, 1.807) is 18.2 Å². The molecule has 2 rings (SSSR count). The third-order valence-electron chi connectivity index (χ3n) is 3.18. The van der Waals surface area contributed by atoms with Crippen molar-refractivity contribution in [2.24, 2.45) is 0 Å². The van der Waals surface area contributed by atoms with Gasteiger partial charge in [-0.05, 0) is 18.6 Å². The predicted octanol–water partition coefficient (Wildman–Crippen LogP) is 3.21. The molecule has 0 aliphatic carbocycles. The molecule has 2 nitrogen and oxygen atoms in total. The summed E-state index contributed by atoms with van der Waals surface area (Å²) in [6, 6.07) is 16.4. The second-order valence-corrected chi connectivity index (χ2v) is 4.58. The summed E-state index contributed by atoms with van der Waals surface area (Å²) >= 11 is 0. The van der Waals surface area contributed by atoms with E-state index >= 15 is 0 Å². The van der Waals surface area contributed by atoms with Gasteiger partial charge in [0.2, 0.25) is 0 Å². The average Bonchev–Trinajstić information content (AvgIpc) is 2.46. The van der Waals surface area contributed by atoms with E-state index in [-0.39, 0.29) is 11.9 Å². The molecule has 0 spiro atoms. The van der Waals surface area contributed by atoms with Crippen LogP contribution >= 0.6 is 0 Å². The zero-order valence-corrected chi connectivity index (χ0v) is 10.9. The lowest BCUT2D eigenvalue weighted by molar-refractivity contribution is 0.166. The first kappa shape index (κ1) is 13.7. The van der Waals surface area contributed by atoms with Crippen LogP contribution < -0.4 is 5.32 Å². The van der Waals surface area contributed by atoms with Gasteiger partial charge in [-0.15, -0.1) is 0 Å². The van der Waals surface area contributed by atoms with E-state index in [1.165, 1.54) is 6.07 Å². The van der Waals surface area contributed by atoms with E-state index in [4.69, 9.17) is 0 Å². The minimum Gasteiger partial charge on any atom is -0.387 e. The smallest absolute Gasteiger partial charge is 0.129 e. The summed E-state index contributed by atoms with van der Waals surface area (Å²) in [4.78, 5) is 0. The fourth-order valence-electron chi connectivity index (χ4n) is 2.00. The van der Waals surface area contributed by atoms with Crippen molar-refractivity contribution in [3.05, 3.63) is 71.5 Å². The van der Waals surface area contributed by atoms with Gasteiger partial charge in [-0.2, -0.15) is 0 Å². The number of rotatable bonds is 5.